The van der Waals surface area contributed by atoms with E-state index >= 15 is 0 Å². The third-order valence-electron chi connectivity index (χ3n) is 2.74. The molecule has 0 heterocycles. The number of carbonyl (C=O) groups excluding carboxylic acids is 1. The molecule has 21 heavy (non-hydrogen) atoms. The Morgan fingerprint density at radius 1 is 1.19 bits per heavy atom. The molecule has 0 atom stereocenters. The summed E-state index contributed by atoms with van der Waals surface area (Å²) in [7, 11) is 0. The Kier molecular flexibility index (Phi) is 7.89. The van der Waals surface area contributed by atoms with Gasteiger partial charge in [-0.25, -0.2) is 4.79 Å². The van der Waals surface area contributed by atoms with Gasteiger partial charge in [0, 0.05) is 18.8 Å². The van der Waals surface area contributed by atoms with Crippen molar-refractivity contribution in [2.24, 2.45) is 0 Å². The fourth-order valence-electron chi connectivity index (χ4n) is 1.64. The van der Waals surface area contributed by atoms with Crippen molar-refractivity contribution in [1.29, 1.82) is 0 Å². The topological polar surface area (TPSA) is 87.7 Å². The molecular weight excluding hydrogens is 272 g/mol. The second kappa shape index (κ2) is 9.77. The Bertz CT molecular complexity index is 445. The molecule has 0 aliphatic carbocycles. The number of aliphatic carboxylic acids is 1. The van der Waals surface area contributed by atoms with E-state index in [1.807, 2.05) is 0 Å². The third kappa shape index (κ3) is 7.94. The number of carboxylic acid groups (broad SMARTS) is 1. The molecule has 0 aromatic heterocycles. The number of hydrogen-bond acceptors (Lipinski definition) is 3. The lowest BCUT2D eigenvalue weighted by atomic mass is 10.1. The molecule has 0 fully saturated rings. The second-order valence-electron chi connectivity index (χ2n) is 4.61. The lowest BCUT2D eigenvalue weighted by Gasteiger charge is -2.08. The van der Waals surface area contributed by atoms with Gasteiger partial charge in [-0.2, -0.15) is 0 Å². The molecule has 0 aliphatic heterocycles. The van der Waals surface area contributed by atoms with Crippen molar-refractivity contribution in [3.63, 3.8) is 0 Å². The van der Waals surface area contributed by atoms with Gasteiger partial charge in [0.15, 0.2) is 0 Å². The van der Waals surface area contributed by atoms with Gasteiger partial charge in [0.1, 0.15) is 0 Å². The highest BCUT2D eigenvalue weighted by molar-refractivity contribution is 5.89. The summed E-state index contributed by atoms with van der Waals surface area (Å²) in [6, 6.07) is 6.40. The lowest BCUT2D eigenvalue weighted by molar-refractivity contribution is -0.136. The summed E-state index contributed by atoms with van der Waals surface area (Å²) in [5.74, 6) is -0.878. The number of rotatable bonds is 9. The van der Waals surface area contributed by atoms with Crippen LogP contribution in [-0.2, 0) is 16.0 Å². The molecule has 3 N–H and O–H groups in total. The van der Waals surface area contributed by atoms with Crippen LogP contribution in [0.4, 0.5) is 10.5 Å². The summed E-state index contributed by atoms with van der Waals surface area (Å²) < 4.78 is 5.33. The van der Waals surface area contributed by atoms with Crippen LogP contribution in [0.2, 0.25) is 0 Å². The Labute approximate surface area is 124 Å². The molecule has 1 aromatic carbocycles. The Balaban J connectivity index is 2.23. The van der Waals surface area contributed by atoms with Gasteiger partial charge in [0.2, 0.25) is 0 Å². The van der Waals surface area contributed by atoms with Gasteiger partial charge in [0.25, 0.3) is 0 Å². The van der Waals surface area contributed by atoms with Crippen LogP contribution in [0.1, 0.15) is 25.3 Å². The van der Waals surface area contributed by atoms with E-state index in [0.29, 0.717) is 31.0 Å². The van der Waals surface area contributed by atoms with Crippen molar-refractivity contribution in [3.05, 3.63) is 29.8 Å². The molecule has 0 unspecified atom stereocenters. The molecule has 6 nitrogen and oxygen atoms in total. The molecule has 2 amide bonds. The molecule has 1 aromatic rings. The number of benzene rings is 1. The third-order valence-corrected chi connectivity index (χ3v) is 2.74. The largest absolute Gasteiger partial charge is 0.481 e. The number of hydrogen-bond donors (Lipinski definition) is 3. The predicted octanol–water partition coefficient (Wildman–Crippen LogP) is 2.25. The van der Waals surface area contributed by atoms with Crippen molar-refractivity contribution >= 4 is 17.7 Å². The number of carbonyl (C=O) groups is 2. The number of nitrogens with one attached hydrogen (secondary N) is 2. The molecule has 0 bridgehead atoms. The number of amides is 2. The highest BCUT2D eigenvalue weighted by Gasteiger charge is 2.03. The molecule has 0 aliphatic rings. The summed E-state index contributed by atoms with van der Waals surface area (Å²) in [5.41, 5.74) is 1.31. The van der Waals surface area contributed by atoms with E-state index in [2.05, 4.69) is 17.6 Å². The van der Waals surface area contributed by atoms with E-state index in [9.17, 15) is 9.59 Å². The highest BCUT2D eigenvalue weighted by Crippen LogP contribution is 2.09. The zero-order chi connectivity index (χ0) is 15.5. The molecule has 116 valence electrons. The van der Waals surface area contributed by atoms with Gasteiger partial charge in [0.05, 0.1) is 13.0 Å². The number of ether oxygens (including phenoxy) is 1. The van der Waals surface area contributed by atoms with Crippen molar-refractivity contribution in [1.82, 2.24) is 5.32 Å². The van der Waals surface area contributed by atoms with Crippen molar-refractivity contribution in [3.8, 4) is 0 Å². The standard InChI is InChI=1S/C15H22N2O4/c1-2-3-9-21-10-8-16-15(20)17-13-6-4-12(5-7-13)11-14(18)19/h4-7H,2-3,8-11H2,1H3,(H,18,19)(H2,16,17,20). The molecule has 0 radical (unpaired) electrons. The summed E-state index contributed by atoms with van der Waals surface area (Å²) in [6.45, 7) is 3.75. The number of carboxylic acids is 1. The van der Waals surface area contributed by atoms with Gasteiger partial charge in [-0.05, 0) is 24.1 Å². The van der Waals surface area contributed by atoms with Gasteiger partial charge in [-0.1, -0.05) is 25.5 Å². The van der Waals surface area contributed by atoms with Gasteiger partial charge >= 0.3 is 12.0 Å². The maximum absolute atomic E-state index is 11.6. The first kappa shape index (κ1) is 17.0. The molecule has 1 rings (SSSR count). The smallest absolute Gasteiger partial charge is 0.319 e. The average Bonchev–Trinajstić information content (AvgIpc) is 2.44. The zero-order valence-corrected chi connectivity index (χ0v) is 12.2. The minimum atomic E-state index is -0.878. The van der Waals surface area contributed by atoms with Crippen LogP contribution >= 0.6 is 0 Å². The van der Waals surface area contributed by atoms with E-state index in [1.165, 1.54) is 0 Å². The predicted molar refractivity (Wildman–Crippen MR) is 80.5 cm³/mol. The molecule has 6 heteroatoms. The summed E-state index contributed by atoms with van der Waals surface area (Å²) in [5, 5.41) is 14.0. The van der Waals surface area contributed by atoms with Crippen LogP contribution in [0, 0.1) is 0 Å². The van der Waals surface area contributed by atoms with E-state index in [4.69, 9.17) is 9.84 Å². The van der Waals surface area contributed by atoms with E-state index < -0.39 is 5.97 Å². The first-order valence-electron chi connectivity index (χ1n) is 7.05. The number of unbranched alkanes of at least 4 members (excludes halogenated alkanes) is 1. The molecule has 0 saturated carbocycles. The average molecular weight is 294 g/mol. The second-order valence-corrected chi connectivity index (χ2v) is 4.61. The molecule has 0 spiro atoms. The first-order valence-corrected chi connectivity index (χ1v) is 7.05. The minimum absolute atomic E-state index is 0.0262. The lowest BCUT2D eigenvalue weighted by Crippen LogP contribution is -2.31. The van der Waals surface area contributed by atoms with Crippen LogP contribution in [-0.4, -0.2) is 36.9 Å². The Hall–Kier alpha value is -2.08. The number of urea groups is 1. The van der Waals surface area contributed by atoms with Crippen LogP contribution in [0.15, 0.2) is 24.3 Å². The van der Waals surface area contributed by atoms with Crippen molar-refractivity contribution < 1.29 is 19.4 Å². The fraction of sp³-hybridized carbons (Fsp3) is 0.467. The molecule has 0 saturated heterocycles. The maximum atomic E-state index is 11.6. The Morgan fingerprint density at radius 2 is 1.90 bits per heavy atom. The summed E-state index contributed by atoms with van der Waals surface area (Å²) >= 11 is 0. The highest BCUT2D eigenvalue weighted by atomic mass is 16.5. The van der Waals surface area contributed by atoms with E-state index in [1.54, 1.807) is 24.3 Å². The fourth-order valence-corrected chi connectivity index (χ4v) is 1.64. The van der Waals surface area contributed by atoms with Crippen LogP contribution < -0.4 is 10.6 Å². The number of anilines is 1. The monoisotopic (exact) mass is 294 g/mol. The van der Waals surface area contributed by atoms with E-state index in [0.717, 1.165) is 12.8 Å². The first-order chi connectivity index (χ1) is 10.1. The normalized spacial score (nSPS) is 10.1. The van der Waals surface area contributed by atoms with Gasteiger partial charge < -0.3 is 20.5 Å². The van der Waals surface area contributed by atoms with Crippen LogP contribution in [0.5, 0.6) is 0 Å². The van der Waals surface area contributed by atoms with Crippen molar-refractivity contribution in [2.75, 3.05) is 25.1 Å². The SMILES string of the molecule is CCCCOCCNC(=O)Nc1ccc(CC(=O)O)cc1. The zero-order valence-electron chi connectivity index (χ0n) is 12.2. The molecular formula is C15H22N2O4. The minimum Gasteiger partial charge on any atom is -0.481 e. The van der Waals surface area contributed by atoms with Gasteiger partial charge in [-0.15, -0.1) is 0 Å². The maximum Gasteiger partial charge on any atom is 0.319 e. The van der Waals surface area contributed by atoms with E-state index in [-0.39, 0.29) is 12.5 Å². The quantitative estimate of drug-likeness (QED) is 0.610. The van der Waals surface area contributed by atoms with Gasteiger partial charge in [-0.3, -0.25) is 4.79 Å². The van der Waals surface area contributed by atoms with Crippen molar-refractivity contribution in [2.45, 2.75) is 26.2 Å². The van der Waals surface area contributed by atoms with Crippen LogP contribution in [0.3, 0.4) is 0 Å². The summed E-state index contributed by atoms with van der Waals surface area (Å²) in [6.07, 6.45) is 2.09. The summed E-state index contributed by atoms with van der Waals surface area (Å²) in [4.78, 5) is 22.1. The Morgan fingerprint density at radius 3 is 2.52 bits per heavy atom. The van der Waals surface area contributed by atoms with Crippen LogP contribution in [0.25, 0.3) is 0 Å².